The van der Waals surface area contributed by atoms with E-state index in [1.165, 1.54) is 19.6 Å². The Kier molecular flexibility index (Phi) is 5.40. The fourth-order valence-corrected chi connectivity index (χ4v) is 3.95. The monoisotopic (exact) mass is 397 g/mol. The Hall–Kier alpha value is -3.06. The van der Waals surface area contributed by atoms with Crippen LogP contribution in [0.25, 0.3) is 11.0 Å². The third-order valence-corrected chi connectivity index (χ3v) is 5.58. The van der Waals surface area contributed by atoms with Crippen molar-refractivity contribution in [1.82, 2.24) is 4.90 Å². The first-order valence-electron chi connectivity index (χ1n) is 9.66. The van der Waals surface area contributed by atoms with Crippen molar-refractivity contribution in [3.8, 4) is 5.75 Å². The van der Waals surface area contributed by atoms with Crippen LogP contribution >= 0.6 is 0 Å². The third-order valence-electron chi connectivity index (χ3n) is 5.58. The molecule has 0 spiro atoms. The number of aromatic hydroxyl groups is 1. The predicted octanol–water partition coefficient (Wildman–Crippen LogP) is 3.74. The summed E-state index contributed by atoms with van der Waals surface area (Å²) in [5.41, 5.74) is 1.59. The Labute approximate surface area is 167 Å². The second-order valence-electron chi connectivity index (χ2n) is 7.39. The molecule has 1 fully saturated rings. The van der Waals surface area contributed by atoms with Gasteiger partial charge in [-0.3, -0.25) is 14.5 Å². The lowest BCUT2D eigenvalue weighted by Gasteiger charge is -2.31. The largest absolute Gasteiger partial charge is 0.508 e. The number of likely N-dealkylation sites (tertiary alicyclic amines) is 1. The van der Waals surface area contributed by atoms with Gasteiger partial charge in [0.1, 0.15) is 17.6 Å². The molecule has 29 heavy (non-hydrogen) atoms. The average molecular weight is 397 g/mol. The molecule has 1 aliphatic rings. The van der Waals surface area contributed by atoms with Gasteiger partial charge >= 0.3 is 5.97 Å². The SMILES string of the molecule is COC(=O)CC1CCN(Cc2c(O)ccc3occ(C(=O)c4ccco4)c23)CC1. The first-order valence-corrected chi connectivity index (χ1v) is 9.66. The lowest BCUT2D eigenvalue weighted by Crippen LogP contribution is -2.34. The molecule has 3 heterocycles. The van der Waals surface area contributed by atoms with E-state index in [1.54, 1.807) is 24.3 Å². The number of furan rings is 2. The van der Waals surface area contributed by atoms with Gasteiger partial charge in [0.05, 0.1) is 18.9 Å². The maximum Gasteiger partial charge on any atom is 0.305 e. The minimum absolute atomic E-state index is 0.129. The van der Waals surface area contributed by atoms with E-state index in [2.05, 4.69) is 4.90 Å². The van der Waals surface area contributed by atoms with Crippen molar-refractivity contribution in [2.75, 3.05) is 20.2 Å². The second kappa shape index (κ2) is 8.13. The number of methoxy groups -OCH3 is 1. The number of nitrogens with zero attached hydrogens (tertiary/aromatic N) is 1. The van der Waals surface area contributed by atoms with E-state index in [9.17, 15) is 14.7 Å². The number of carbonyl (C=O) groups is 2. The van der Waals surface area contributed by atoms with Crippen LogP contribution in [-0.2, 0) is 16.1 Å². The molecule has 0 unspecified atom stereocenters. The van der Waals surface area contributed by atoms with Gasteiger partial charge < -0.3 is 18.7 Å². The number of hydrogen-bond donors (Lipinski definition) is 1. The number of phenols is 1. The molecular formula is C22H23NO6. The number of carbonyl (C=O) groups excluding carboxylic acids is 2. The number of hydrogen-bond acceptors (Lipinski definition) is 7. The molecule has 0 amide bonds. The number of ketones is 1. The molecule has 3 aromatic rings. The molecule has 2 aromatic heterocycles. The molecule has 152 valence electrons. The fraction of sp³-hybridized carbons (Fsp3) is 0.364. The molecule has 0 bridgehead atoms. The Morgan fingerprint density at radius 3 is 2.69 bits per heavy atom. The first-order chi connectivity index (χ1) is 14.1. The Morgan fingerprint density at radius 1 is 1.21 bits per heavy atom. The van der Waals surface area contributed by atoms with E-state index >= 15 is 0 Å². The topological polar surface area (TPSA) is 93.1 Å². The summed E-state index contributed by atoms with van der Waals surface area (Å²) >= 11 is 0. The van der Waals surface area contributed by atoms with Crippen LogP contribution in [0.5, 0.6) is 5.75 Å². The van der Waals surface area contributed by atoms with Gasteiger partial charge in [0, 0.05) is 23.9 Å². The van der Waals surface area contributed by atoms with Crippen molar-refractivity contribution in [2.24, 2.45) is 5.92 Å². The Morgan fingerprint density at radius 2 is 2.00 bits per heavy atom. The summed E-state index contributed by atoms with van der Waals surface area (Å²) in [7, 11) is 1.41. The quantitative estimate of drug-likeness (QED) is 0.500. The number of esters is 1. The standard InChI is InChI=1S/C22H23NO6/c1-27-20(25)11-14-6-8-23(9-7-14)12-15-17(24)4-5-18-21(15)16(13-29-18)22(26)19-3-2-10-28-19/h2-5,10,13-14,24H,6-9,11-12H2,1H3. The summed E-state index contributed by atoms with van der Waals surface area (Å²) in [6.45, 7) is 2.10. The van der Waals surface area contributed by atoms with Crippen LogP contribution in [0.15, 0.2) is 45.6 Å². The van der Waals surface area contributed by atoms with E-state index in [0.29, 0.717) is 41.0 Å². The van der Waals surface area contributed by atoms with Crippen molar-refractivity contribution in [1.29, 1.82) is 0 Å². The van der Waals surface area contributed by atoms with Crippen molar-refractivity contribution >= 4 is 22.7 Å². The first kappa shape index (κ1) is 19.3. The highest BCUT2D eigenvalue weighted by atomic mass is 16.5. The van der Waals surface area contributed by atoms with Crippen LogP contribution in [0.1, 0.15) is 40.9 Å². The molecule has 1 aromatic carbocycles. The van der Waals surface area contributed by atoms with Crippen LogP contribution in [0, 0.1) is 5.92 Å². The average Bonchev–Trinajstić information content (AvgIpc) is 3.41. The van der Waals surface area contributed by atoms with Crippen molar-refractivity contribution < 1.29 is 28.3 Å². The molecule has 0 atom stereocenters. The maximum absolute atomic E-state index is 12.8. The number of fused-ring (bicyclic) bond motifs is 1. The van der Waals surface area contributed by atoms with Gasteiger partial charge in [-0.2, -0.15) is 0 Å². The van der Waals surface area contributed by atoms with Gasteiger partial charge in [0.2, 0.25) is 5.78 Å². The highest BCUT2D eigenvalue weighted by molar-refractivity contribution is 6.15. The van der Waals surface area contributed by atoms with Crippen LogP contribution in [0.4, 0.5) is 0 Å². The van der Waals surface area contributed by atoms with E-state index in [1.807, 2.05) is 0 Å². The lowest BCUT2D eigenvalue weighted by atomic mass is 9.93. The van der Waals surface area contributed by atoms with Gasteiger partial charge in [-0.15, -0.1) is 0 Å². The van der Waals surface area contributed by atoms with Gasteiger partial charge in [-0.1, -0.05) is 0 Å². The van der Waals surface area contributed by atoms with Crippen LogP contribution < -0.4 is 0 Å². The number of benzene rings is 1. The van der Waals surface area contributed by atoms with Crippen LogP contribution in [0.2, 0.25) is 0 Å². The van der Waals surface area contributed by atoms with Gasteiger partial charge in [0.25, 0.3) is 0 Å². The van der Waals surface area contributed by atoms with E-state index in [0.717, 1.165) is 25.9 Å². The zero-order chi connectivity index (χ0) is 20.4. The number of phenolic OH excluding ortho intramolecular Hbond substituents is 1. The van der Waals surface area contributed by atoms with Gasteiger partial charge in [0.15, 0.2) is 5.76 Å². The smallest absolute Gasteiger partial charge is 0.305 e. The number of ether oxygens (including phenoxy) is 1. The molecule has 0 saturated carbocycles. The molecular weight excluding hydrogens is 374 g/mol. The summed E-state index contributed by atoms with van der Waals surface area (Å²) in [4.78, 5) is 26.5. The van der Waals surface area contributed by atoms with E-state index < -0.39 is 0 Å². The van der Waals surface area contributed by atoms with Crippen LogP contribution in [-0.4, -0.2) is 42.0 Å². The molecule has 7 heteroatoms. The molecule has 1 N–H and O–H groups in total. The molecule has 0 radical (unpaired) electrons. The van der Waals surface area contributed by atoms with Crippen molar-refractivity contribution in [3.63, 3.8) is 0 Å². The van der Waals surface area contributed by atoms with Gasteiger partial charge in [-0.25, -0.2) is 0 Å². The van der Waals surface area contributed by atoms with Gasteiger partial charge in [-0.05, 0) is 56.1 Å². The minimum atomic E-state index is -0.280. The maximum atomic E-state index is 12.8. The highest BCUT2D eigenvalue weighted by Gasteiger charge is 2.26. The lowest BCUT2D eigenvalue weighted by molar-refractivity contribution is -0.142. The molecule has 7 nitrogen and oxygen atoms in total. The van der Waals surface area contributed by atoms with Crippen LogP contribution in [0.3, 0.4) is 0 Å². The van der Waals surface area contributed by atoms with Crippen molar-refractivity contribution in [3.05, 3.63) is 53.7 Å². The van der Waals surface area contributed by atoms with E-state index in [4.69, 9.17) is 13.6 Å². The summed E-state index contributed by atoms with van der Waals surface area (Å²) in [6, 6.07) is 6.52. The minimum Gasteiger partial charge on any atom is -0.508 e. The molecule has 4 rings (SSSR count). The van der Waals surface area contributed by atoms with Crippen molar-refractivity contribution in [2.45, 2.75) is 25.8 Å². The predicted molar refractivity (Wildman–Crippen MR) is 105 cm³/mol. The number of piperidine rings is 1. The zero-order valence-electron chi connectivity index (χ0n) is 16.2. The van der Waals surface area contributed by atoms with E-state index in [-0.39, 0.29) is 23.3 Å². The Bertz CT molecular complexity index is 1010. The zero-order valence-corrected chi connectivity index (χ0v) is 16.2. The second-order valence-corrected chi connectivity index (χ2v) is 7.39. The molecule has 0 aliphatic carbocycles. The number of rotatable bonds is 6. The summed E-state index contributed by atoms with van der Waals surface area (Å²) in [5.74, 6) is 0.213. The Balaban J connectivity index is 1.56. The molecule has 1 aliphatic heterocycles. The fourth-order valence-electron chi connectivity index (χ4n) is 3.95. The summed E-state index contributed by atoms with van der Waals surface area (Å²) in [6.07, 6.45) is 5.08. The third kappa shape index (κ3) is 3.91. The summed E-state index contributed by atoms with van der Waals surface area (Å²) in [5, 5.41) is 11.1. The normalized spacial score (nSPS) is 15.6. The summed E-state index contributed by atoms with van der Waals surface area (Å²) < 4.78 is 15.6. The highest BCUT2D eigenvalue weighted by Crippen LogP contribution is 2.34. The molecule has 1 saturated heterocycles.